The van der Waals surface area contributed by atoms with E-state index in [1.807, 2.05) is 6.92 Å². The monoisotopic (exact) mass is 514 g/mol. The van der Waals surface area contributed by atoms with Crippen LogP contribution in [0.15, 0.2) is 59.0 Å². The summed E-state index contributed by atoms with van der Waals surface area (Å²) < 4.78 is 11.8. The Hall–Kier alpha value is -3.13. The first-order chi connectivity index (χ1) is 16.4. The fourth-order valence-electron chi connectivity index (χ4n) is 3.08. The van der Waals surface area contributed by atoms with Gasteiger partial charge in [0.1, 0.15) is 11.5 Å². The van der Waals surface area contributed by atoms with Crippen molar-refractivity contribution in [3.63, 3.8) is 0 Å². The number of furan rings is 1. The molecule has 0 aliphatic rings. The summed E-state index contributed by atoms with van der Waals surface area (Å²) >= 11 is 13.6. The number of thiazole rings is 1. The van der Waals surface area contributed by atoms with E-state index < -0.39 is 0 Å². The maximum Gasteiger partial charge on any atom is 0.338 e. The first-order valence-electron chi connectivity index (χ1n) is 10.6. The van der Waals surface area contributed by atoms with Crippen molar-refractivity contribution < 1.29 is 18.7 Å². The summed E-state index contributed by atoms with van der Waals surface area (Å²) in [5.41, 5.74) is 1.81. The number of amides is 1. The quantitative estimate of drug-likeness (QED) is 0.150. The van der Waals surface area contributed by atoms with E-state index >= 15 is 0 Å². The van der Waals surface area contributed by atoms with Gasteiger partial charge < -0.3 is 9.15 Å². The number of fused-ring (bicyclic) bond motifs is 1. The lowest BCUT2D eigenvalue weighted by molar-refractivity contribution is -0.111. The van der Waals surface area contributed by atoms with Crippen LogP contribution in [0.3, 0.4) is 0 Å². The average molecular weight is 515 g/mol. The SMILES string of the molecule is CCCCOC(=O)c1ccc2nc(NC(=O)/C=C/c3ccc(-c4cccc(Cl)c4Cl)o3)sc2c1. The van der Waals surface area contributed by atoms with Crippen LogP contribution < -0.4 is 5.32 Å². The van der Waals surface area contributed by atoms with Crippen molar-refractivity contribution in [1.29, 1.82) is 0 Å². The second-order valence-electron chi connectivity index (χ2n) is 7.32. The molecule has 0 bridgehead atoms. The molecular formula is C25H20Cl2N2O4S. The van der Waals surface area contributed by atoms with Gasteiger partial charge in [-0.2, -0.15) is 0 Å². The van der Waals surface area contributed by atoms with Crippen LogP contribution in [0.25, 0.3) is 27.6 Å². The van der Waals surface area contributed by atoms with Crippen LogP contribution in [0.4, 0.5) is 5.13 Å². The molecule has 174 valence electrons. The van der Waals surface area contributed by atoms with Crippen LogP contribution in [0.1, 0.15) is 35.9 Å². The molecule has 0 fully saturated rings. The van der Waals surface area contributed by atoms with E-state index in [0.717, 1.165) is 17.5 Å². The van der Waals surface area contributed by atoms with Crippen molar-refractivity contribution in [3.05, 3.63) is 76.0 Å². The molecule has 0 saturated carbocycles. The van der Waals surface area contributed by atoms with Crippen LogP contribution in [0.5, 0.6) is 0 Å². The highest BCUT2D eigenvalue weighted by molar-refractivity contribution is 7.22. The molecule has 2 aromatic heterocycles. The minimum atomic E-state index is -0.367. The molecule has 4 rings (SSSR count). The number of halogens is 2. The number of anilines is 1. The Morgan fingerprint density at radius 3 is 2.85 bits per heavy atom. The first kappa shape index (κ1) is 24.0. The summed E-state index contributed by atoms with van der Waals surface area (Å²) in [6, 6.07) is 13.9. The van der Waals surface area contributed by atoms with Gasteiger partial charge in [0.05, 0.1) is 32.4 Å². The standard InChI is InChI=1S/C25H20Cl2N2O4S/c1-2-3-13-32-24(31)15-7-10-19-21(14-15)34-25(28-19)29-22(30)12-9-16-8-11-20(33-16)17-5-4-6-18(26)23(17)27/h4-12,14H,2-3,13H2,1H3,(H,28,29,30)/b12-9+. The molecular weight excluding hydrogens is 495 g/mol. The Bertz CT molecular complexity index is 1380. The minimum Gasteiger partial charge on any atom is -0.462 e. The summed E-state index contributed by atoms with van der Waals surface area (Å²) in [6.45, 7) is 2.43. The molecule has 0 saturated heterocycles. The smallest absolute Gasteiger partial charge is 0.338 e. The lowest BCUT2D eigenvalue weighted by Crippen LogP contribution is -2.07. The third kappa shape index (κ3) is 5.67. The number of carbonyl (C=O) groups is 2. The molecule has 9 heteroatoms. The lowest BCUT2D eigenvalue weighted by Gasteiger charge is -2.03. The van der Waals surface area contributed by atoms with E-state index in [2.05, 4.69) is 10.3 Å². The molecule has 1 amide bonds. The summed E-state index contributed by atoms with van der Waals surface area (Å²) in [4.78, 5) is 28.9. The maximum absolute atomic E-state index is 12.4. The molecule has 34 heavy (non-hydrogen) atoms. The van der Waals surface area contributed by atoms with E-state index in [0.29, 0.717) is 49.9 Å². The molecule has 4 aromatic rings. The number of nitrogens with zero attached hydrogens (tertiary/aromatic N) is 1. The van der Waals surface area contributed by atoms with Crippen molar-refractivity contribution >= 4 is 67.8 Å². The molecule has 0 aliphatic heterocycles. The van der Waals surface area contributed by atoms with Crippen molar-refractivity contribution in [3.8, 4) is 11.3 Å². The zero-order valence-electron chi connectivity index (χ0n) is 18.1. The summed E-state index contributed by atoms with van der Waals surface area (Å²) in [5, 5.41) is 3.99. The normalized spacial score (nSPS) is 11.3. The highest BCUT2D eigenvalue weighted by Gasteiger charge is 2.13. The van der Waals surface area contributed by atoms with E-state index in [9.17, 15) is 9.59 Å². The van der Waals surface area contributed by atoms with Gasteiger partial charge in [-0.3, -0.25) is 10.1 Å². The van der Waals surface area contributed by atoms with E-state index in [-0.39, 0.29) is 11.9 Å². The Balaban J connectivity index is 1.41. The highest BCUT2D eigenvalue weighted by Crippen LogP contribution is 2.34. The Morgan fingerprint density at radius 2 is 2.03 bits per heavy atom. The molecule has 1 N–H and O–H groups in total. The maximum atomic E-state index is 12.4. The molecule has 0 atom stereocenters. The van der Waals surface area contributed by atoms with Crippen LogP contribution in [-0.4, -0.2) is 23.5 Å². The Kier molecular flexibility index (Phi) is 7.67. The molecule has 0 radical (unpaired) electrons. The van der Waals surface area contributed by atoms with Crippen LogP contribution in [0.2, 0.25) is 10.0 Å². The number of nitrogens with one attached hydrogen (secondary N) is 1. The van der Waals surface area contributed by atoms with Gasteiger partial charge in [0.15, 0.2) is 5.13 Å². The fourth-order valence-corrected chi connectivity index (χ4v) is 4.39. The molecule has 0 spiro atoms. The predicted molar refractivity (Wildman–Crippen MR) is 137 cm³/mol. The number of carbonyl (C=O) groups excluding carboxylic acids is 2. The topological polar surface area (TPSA) is 81.4 Å². The molecule has 2 heterocycles. The van der Waals surface area contributed by atoms with Crippen LogP contribution in [0, 0.1) is 0 Å². The molecule has 2 aromatic carbocycles. The third-order valence-electron chi connectivity index (χ3n) is 4.83. The van der Waals surface area contributed by atoms with Gasteiger partial charge in [-0.25, -0.2) is 9.78 Å². The van der Waals surface area contributed by atoms with E-state index in [4.69, 9.17) is 32.4 Å². The van der Waals surface area contributed by atoms with Gasteiger partial charge >= 0.3 is 5.97 Å². The number of benzene rings is 2. The Labute approximate surface area is 210 Å². The third-order valence-corrected chi connectivity index (χ3v) is 6.58. The van der Waals surface area contributed by atoms with Crippen molar-refractivity contribution in [2.75, 3.05) is 11.9 Å². The van der Waals surface area contributed by atoms with Gasteiger partial charge in [-0.15, -0.1) is 0 Å². The first-order valence-corrected chi connectivity index (χ1v) is 12.1. The second kappa shape index (κ2) is 10.9. The zero-order chi connectivity index (χ0) is 24.1. The van der Waals surface area contributed by atoms with Gasteiger partial charge in [0.25, 0.3) is 0 Å². The number of esters is 1. The zero-order valence-corrected chi connectivity index (χ0v) is 20.5. The van der Waals surface area contributed by atoms with E-state index in [1.54, 1.807) is 54.6 Å². The number of aromatic nitrogens is 1. The summed E-state index contributed by atoms with van der Waals surface area (Å²) in [6.07, 6.45) is 4.68. The summed E-state index contributed by atoms with van der Waals surface area (Å²) in [7, 11) is 0. The van der Waals surface area contributed by atoms with Gasteiger partial charge in [-0.05, 0) is 55.0 Å². The molecule has 0 unspecified atom stereocenters. The number of ether oxygens (including phenoxy) is 1. The van der Waals surface area contributed by atoms with Crippen LogP contribution in [-0.2, 0) is 9.53 Å². The van der Waals surface area contributed by atoms with Crippen molar-refractivity contribution in [2.45, 2.75) is 19.8 Å². The molecule has 0 aliphatic carbocycles. The van der Waals surface area contributed by atoms with E-state index in [1.165, 1.54) is 17.4 Å². The number of unbranched alkanes of at least 4 members (excludes halogenated alkanes) is 1. The summed E-state index contributed by atoms with van der Waals surface area (Å²) in [5.74, 6) is 0.297. The largest absolute Gasteiger partial charge is 0.462 e. The number of hydrogen-bond donors (Lipinski definition) is 1. The Morgan fingerprint density at radius 1 is 1.18 bits per heavy atom. The fraction of sp³-hybridized carbons (Fsp3) is 0.160. The van der Waals surface area contributed by atoms with Gasteiger partial charge in [-0.1, -0.05) is 53.9 Å². The minimum absolute atomic E-state index is 0.364. The average Bonchev–Trinajstić information content (AvgIpc) is 3.45. The highest BCUT2D eigenvalue weighted by atomic mass is 35.5. The second-order valence-corrected chi connectivity index (χ2v) is 9.13. The number of rotatable bonds is 8. The van der Waals surface area contributed by atoms with Crippen molar-refractivity contribution in [1.82, 2.24) is 4.98 Å². The lowest BCUT2D eigenvalue weighted by atomic mass is 10.2. The van der Waals surface area contributed by atoms with Crippen molar-refractivity contribution in [2.24, 2.45) is 0 Å². The predicted octanol–water partition coefficient (Wildman–Crippen LogP) is 7.47. The number of hydrogen-bond acceptors (Lipinski definition) is 6. The van der Waals surface area contributed by atoms with Gasteiger partial charge in [0.2, 0.25) is 5.91 Å². The molecule has 6 nitrogen and oxygen atoms in total. The van der Waals surface area contributed by atoms with Crippen LogP contribution >= 0.6 is 34.5 Å². The van der Waals surface area contributed by atoms with Gasteiger partial charge in [0, 0.05) is 11.6 Å².